The fourth-order valence-corrected chi connectivity index (χ4v) is 1.42. The van der Waals surface area contributed by atoms with Crippen molar-refractivity contribution in [2.24, 2.45) is 0 Å². The number of aromatic nitrogens is 1. The Morgan fingerprint density at radius 2 is 1.87 bits per heavy atom. The van der Waals surface area contributed by atoms with Crippen molar-refractivity contribution >= 4 is 27.5 Å². The predicted molar refractivity (Wildman–Crippen MR) is 46.9 cm³/mol. The number of hydrogen-bond acceptors (Lipinski definition) is 1. The van der Waals surface area contributed by atoms with Crippen molar-refractivity contribution in [3.63, 3.8) is 0 Å². The molecule has 0 saturated carbocycles. The lowest BCUT2D eigenvalue weighted by Gasteiger charge is -2.10. The quantitative estimate of drug-likeness (QED) is 0.551. The molecule has 0 saturated heterocycles. The summed E-state index contributed by atoms with van der Waals surface area (Å²) in [5, 5.41) is -0.516. The van der Waals surface area contributed by atoms with Crippen LogP contribution in [0, 0.1) is 0 Å². The van der Waals surface area contributed by atoms with E-state index in [9.17, 15) is 22.0 Å². The van der Waals surface area contributed by atoms with Gasteiger partial charge in [-0.1, -0.05) is 11.6 Å². The van der Waals surface area contributed by atoms with Gasteiger partial charge in [0, 0.05) is 5.56 Å². The van der Waals surface area contributed by atoms with E-state index >= 15 is 0 Å². The first-order chi connectivity index (χ1) is 6.73. The molecule has 0 aliphatic rings. The van der Waals surface area contributed by atoms with Gasteiger partial charge in [-0.05, 0) is 22.0 Å². The summed E-state index contributed by atoms with van der Waals surface area (Å²) in [6.45, 7) is 0. The van der Waals surface area contributed by atoms with E-state index in [1.54, 1.807) is 0 Å². The van der Waals surface area contributed by atoms with Gasteiger partial charge in [0.15, 0.2) is 0 Å². The first-order valence-electron chi connectivity index (χ1n) is 3.44. The number of alkyl halides is 5. The fraction of sp³-hybridized carbons (Fsp3) is 0.286. The number of halogens is 7. The van der Waals surface area contributed by atoms with Gasteiger partial charge in [-0.2, -0.15) is 13.2 Å². The van der Waals surface area contributed by atoms with E-state index in [4.69, 9.17) is 11.6 Å². The maximum atomic E-state index is 12.3. The molecule has 1 aromatic rings. The molecule has 0 fully saturated rings. The highest BCUT2D eigenvalue weighted by Crippen LogP contribution is 2.37. The Balaban J connectivity index is 3.36. The second-order valence-electron chi connectivity index (χ2n) is 2.50. The van der Waals surface area contributed by atoms with E-state index in [0.29, 0.717) is 0 Å². The molecule has 1 aromatic heterocycles. The highest BCUT2D eigenvalue weighted by molar-refractivity contribution is 9.10. The van der Waals surface area contributed by atoms with E-state index in [-0.39, 0.29) is 6.07 Å². The molecule has 0 amide bonds. The van der Waals surface area contributed by atoms with Crippen molar-refractivity contribution in [3.05, 3.63) is 26.9 Å². The molecule has 1 nitrogen and oxygen atoms in total. The Hall–Kier alpha value is -0.430. The summed E-state index contributed by atoms with van der Waals surface area (Å²) in [4.78, 5) is 3.01. The SMILES string of the molecule is FC(F)c1cc(C(F)(F)F)nc(Br)c1Cl. The van der Waals surface area contributed by atoms with Gasteiger partial charge in [0.1, 0.15) is 10.3 Å². The lowest BCUT2D eigenvalue weighted by atomic mass is 10.2. The molecule has 1 rings (SSSR count). The minimum absolute atomic E-state index is 0.234. The summed E-state index contributed by atoms with van der Waals surface area (Å²) >= 11 is 7.93. The number of hydrogen-bond donors (Lipinski definition) is 0. The third-order valence-electron chi connectivity index (χ3n) is 1.47. The zero-order valence-electron chi connectivity index (χ0n) is 6.75. The molecule has 15 heavy (non-hydrogen) atoms. The van der Waals surface area contributed by atoms with Gasteiger partial charge in [-0.15, -0.1) is 0 Å². The van der Waals surface area contributed by atoms with Crippen LogP contribution < -0.4 is 0 Å². The van der Waals surface area contributed by atoms with E-state index in [0.717, 1.165) is 0 Å². The summed E-state index contributed by atoms with van der Waals surface area (Å²) < 4.78 is 60.6. The largest absolute Gasteiger partial charge is 0.433 e. The highest BCUT2D eigenvalue weighted by Gasteiger charge is 2.34. The van der Waals surface area contributed by atoms with Gasteiger partial charge in [0.2, 0.25) is 0 Å². The number of pyridine rings is 1. The van der Waals surface area contributed by atoms with Crippen molar-refractivity contribution in [1.82, 2.24) is 4.98 Å². The van der Waals surface area contributed by atoms with Crippen LogP contribution in [0.2, 0.25) is 5.02 Å². The van der Waals surface area contributed by atoms with E-state index < -0.39 is 33.5 Å². The molecule has 0 unspecified atom stereocenters. The van der Waals surface area contributed by atoms with E-state index in [1.165, 1.54) is 0 Å². The van der Waals surface area contributed by atoms with Crippen LogP contribution in [0.4, 0.5) is 22.0 Å². The summed E-state index contributed by atoms with van der Waals surface area (Å²) in [6, 6.07) is 0.234. The van der Waals surface area contributed by atoms with Gasteiger partial charge in [-0.3, -0.25) is 0 Å². The molecule has 0 bridgehead atoms. The molecule has 0 radical (unpaired) electrons. The fourth-order valence-electron chi connectivity index (χ4n) is 0.821. The van der Waals surface area contributed by atoms with Crippen LogP contribution in [0.25, 0.3) is 0 Å². The molecule has 1 heterocycles. The Morgan fingerprint density at radius 1 is 1.33 bits per heavy atom. The number of rotatable bonds is 1. The molecular weight excluding hydrogens is 308 g/mol. The van der Waals surface area contributed by atoms with Crippen LogP contribution in [0.1, 0.15) is 17.7 Å². The predicted octanol–water partition coefficient (Wildman–Crippen LogP) is 4.45. The van der Waals surface area contributed by atoms with Gasteiger partial charge < -0.3 is 0 Å². The third-order valence-corrected chi connectivity index (χ3v) is 2.67. The zero-order chi connectivity index (χ0) is 11.8. The topological polar surface area (TPSA) is 12.9 Å². The maximum Gasteiger partial charge on any atom is 0.433 e. The van der Waals surface area contributed by atoms with Gasteiger partial charge >= 0.3 is 6.18 Å². The summed E-state index contributed by atoms with van der Waals surface area (Å²) in [5.74, 6) is 0. The summed E-state index contributed by atoms with van der Waals surface area (Å²) in [6.07, 6.45) is -7.87. The standard InChI is InChI=1S/C7H2BrClF5N/c8-5-4(9)2(6(10)11)1-3(15-5)7(12,13)14/h1,6H. The van der Waals surface area contributed by atoms with Gasteiger partial charge in [0.05, 0.1) is 5.02 Å². The molecule has 8 heteroatoms. The van der Waals surface area contributed by atoms with Crippen LogP contribution in [-0.4, -0.2) is 4.98 Å². The minimum atomic E-state index is -4.78. The van der Waals surface area contributed by atoms with Crippen LogP contribution in [0.3, 0.4) is 0 Å². The maximum absolute atomic E-state index is 12.3. The Labute approximate surface area is 94.4 Å². The van der Waals surface area contributed by atoms with Crippen LogP contribution in [0.15, 0.2) is 10.7 Å². The van der Waals surface area contributed by atoms with Crippen molar-refractivity contribution in [1.29, 1.82) is 0 Å². The van der Waals surface area contributed by atoms with Gasteiger partial charge in [-0.25, -0.2) is 13.8 Å². The van der Waals surface area contributed by atoms with Crippen molar-refractivity contribution in [3.8, 4) is 0 Å². The lowest BCUT2D eigenvalue weighted by molar-refractivity contribution is -0.141. The second kappa shape index (κ2) is 4.21. The van der Waals surface area contributed by atoms with E-state index in [1.807, 2.05) is 0 Å². The molecule has 0 aliphatic heterocycles. The zero-order valence-corrected chi connectivity index (χ0v) is 9.09. The molecular formula is C7H2BrClF5N. The normalized spacial score (nSPS) is 12.3. The molecule has 0 aromatic carbocycles. The monoisotopic (exact) mass is 309 g/mol. The average molecular weight is 310 g/mol. The molecule has 84 valence electrons. The van der Waals surface area contributed by atoms with Crippen LogP contribution in [-0.2, 0) is 6.18 Å². The first-order valence-corrected chi connectivity index (χ1v) is 4.62. The smallest absolute Gasteiger partial charge is 0.235 e. The first kappa shape index (κ1) is 12.6. The van der Waals surface area contributed by atoms with Crippen molar-refractivity contribution in [2.45, 2.75) is 12.6 Å². The highest BCUT2D eigenvalue weighted by atomic mass is 79.9. The molecule has 0 atom stereocenters. The number of nitrogens with zero attached hydrogens (tertiary/aromatic N) is 1. The second-order valence-corrected chi connectivity index (χ2v) is 3.63. The minimum Gasteiger partial charge on any atom is -0.235 e. The summed E-state index contributed by atoms with van der Waals surface area (Å²) in [5.41, 5.74) is -2.31. The van der Waals surface area contributed by atoms with Gasteiger partial charge in [0.25, 0.3) is 6.43 Å². The van der Waals surface area contributed by atoms with Crippen LogP contribution >= 0.6 is 27.5 Å². The van der Waals surface area contributed by atoms with Crippen molar-refractivity contribution in [2.75, 3.05) is 0 Å². The molecule has 0 N–H and O–H groups in total. The van der Waals surface area contributed by atoms with Crippen molar-refractivity contribution < 1.29 is 22.0 Å². The Kier molecular flexibility index (Phi) is 3.55. The Morgan fingerprint density at radius 3 is 2.27 bits per heavy atom. The lowest BCUT2D eigenvalue weighted by Crippen LogP contribution is -2.09. The summed E-state index contributed by atoms with van der Waals surface area (Å²) in [7, 11) is 0. The van der Waals surface area contributed by atoms with Crippen LogP contribution in [0.5, 0.6) is 0 Å². The molecule has 0 aliphatic carbocycles. The third kappa shape index (κ3) is 2.78. The van der Waals surface area contributed by atoms with E-state index in [2.05, 4.69) is 20.9 Å². The molecule has 0 spiro atoms. The Bertz CT molecular complexity index is 378. The average Bonchev–Trinajstić information content (AvgIpc) is 2.06.